The van der Waals surface area contributed by atoms with Crippen molar-refractivity contribution in [3.05, 3.63) is 75.7 Å². The molecule has 0 unspecified atom stereocenters. The molecule has 5 heteroatoms. The van der Waals surface area contributed by atoms with Crippen LogP contribution < -0.4 is 5.32 Å². The van der Waals surface area contributed by atoms with E-state index in [0.29, 0.717) is 0 Å². The Kier molecular flexibility index (Phi) is 4.83. The number of fused-ring (bicyclic) bond motifs is 1. The molecular formula is C21H23N3S2. The van der Waals surface area contributed by atoms with Gasteiger partial charge in [0.2, 0.25) is 0 Å². The monoisotopic (exact) mass is 381 g/mol. The SMILES string of the molecule is CCc1cccc(C)c1NC(=S)N1CCn2cccc2[C@@H]1c1cccs1. The highest BCUT2D eigenvalue weighted by Crippen LogP contribution is 2.35. The summed E-state index contributed by atoms with van der Waals surface area (Å²) in [7, 11) is 0. The lowest BCUT2D eigenvalue weighted by Crippen LogP contribution is -2.44. The van der Waals surface area contributed by atoms with Crippen LogP contribution in [0, 0.1) is 6.92 Å². The molecule has 1 atom stereocenters. The maximum atomic E-state index is 5.89. The Bertz CT molecular complexity index is 911. The fourth-order valence-corrected chi connectivity index (χ4v) is 4.88. The summed E-state index contributed by atoms with van der Waals surface area (Å²) in [6.07, 6.45) is 3.16. The second-order valence-electron chi connectivity index (χ2n) is 6.63. The molecule has 26 heavy (non-hydrogen) atoms. The molecule has 2 aromatic heterocycles. The number of anilines is 1. The van der Waals surface area contributed by atoms with E-state index >= 15 is 0 Å². The van der Waals surface area contributed by atoms with Gasteiger partial charge in [-0.3, -0.25) is 0 Å². The molecule has 0 fully saturated rings. The zero-order valence-corrected chi connectivity index (χ0v) is 16.7. The molecule has 4 rings (SSSR count). The lowest BCUT2D eigenvalue weighted by Gasteiger charge is -2.38. The highest BCUT2D eigenvalue weighted by Gasteiger charge is 2.31. The zero-order chi connectivity index (χ0) is 18.1. The molecule has 0 saturated carbocycles. The predicted octanol–water partition coefficient (Wildman–Crippen LogP) is 5.22. The molecule has 1 aromatic carbocycles. The minimum atomic E-state index is 0.174. The molecule has 1 aliphatic heterocycles. The summed E-state index contributed by atoms with van der Waals surface area (Å²) in [5, 5.41) is 6.51. The second-order valence-corrected chi connectivity index (χ2v) is 8.00. The van der Waals surface area contributed by atoms with E-state index in [1.807, 2.05) is 0 Å². The Morgan fingerprint density at radius 2 is 2.08 bits per heavy atom. The van der Waals surface area contributed by atoms with E-state index in [-0.39, 0.29) is 6.04 Å². The molecule has 0 bridgehead atoms. The van der Waals surface area contributed by atoms with Crippen molar-refractivity contribution in [1.29, 1.82) is 0 Å². The average Bonchev–Trinajstić information content (AvgIpc) is 3.33. The molecule has 0 amide bonds. The lowest BCUT2D eigenvalue weighted by atomic mass is 10.1. The van der Waals surface area contributed by atoms with Gasteiger partial charge in [-0.15, -0.1) is 11.3 Å². The molecule has 3 heterocycles. The Balaban J connectivity index is 1.67. The number of hydrogen-bond acceptors (Lipinski definition) is 2. The molecule has 1 N–H and O–H groups in total. The van der Waals surface area contributed by atoms with Gasteiger partial charge in [0.05, 0.1) is 0 Å². The van der Waals surface area contributed by atoms with Crippen molar-refractivity contribution < 1.29 is 0 Å². The van der Waals surface area contributed by atoms with Gasteiger partial charge in [-0.25, -0.2) is 0 Å². The predicted molar refractivity (Wildman–Crippen MR) is 114 cm³/mol. The van der Waals surface area contributed by atoms with Crippen molar-refractivity contribution in [3.8, 4) is 0 Å². The zero-order valence-electron chi connectivity index (χ0n) is 15.1. The number of para-hydroxylation sites is 1. The molecular weight excluding hydrogens is 358 g/mol. The standard InChI is InChI=1S/C21H23N3S2/c1-3-16-8-4-7-15(2)19(16)22-21(25)24-13-12-23-11-5-9-17(23)20(24)18-10-6-14-26-18/h4-11,14,20H,3,12-13H2,1-2H3,(H,22,25)/t20-/m1/s1. The van der Waals surface area contributed by atoms with Gasteiger partial charge in [-0.1, -0.05) is 31.2 Å². The van der Waals surface area contributed by atoms with Gasteiger partial charge in [-0.05, 0) is 60.3 Å². The number of thiocarbonyl (C=S) groups is 1. The highest BCUT2D eigenvalue weighted by atomic mass is 32.1. The van der Waals surface area contributed by atoms with E-state index < -0.39 is 0 Å². The first kappa shape index (κ1) is 17.3. The van der Waals surface area contributed by atoms with E-state index in [1.54, 1.807) is 11.3 Å². The first-order valence-corrected chi connectivity index (χ1v) is 10.3. The van der Waals surface area contributed by atoms with Crippen LogP contribution in [-0.4, -0.2) is 21.1 Å². The minimum Gasteiger partial charge on any atom is -0.347 e. The van der Waals surface area contributed by atoms with E-state index in [9.17, 15) is 0 Å². The van der Waals surface area contributed by atoms with Gasteiger partial charge < -0.3 is 14.8 Å². The summed E-state index contributed by atoms with van der Waals surface area (Å²) < 4.78 is 2.34. The minimum absolute atomic E-state index is 0.174. The molecule has 1 aliphatic rings. The van der Waals surface area contributed by atoms with Crippen molar-refractivity contribution in [1.82, 2.24) is 9.47 Å². The lowest BCUT2D eigenvalue weighted by molar-refractivity contribution is 0.297. The maximum Gasteiger partial charge on any atom is 0.174 e. The molecule has 134 valence electrons. The number of nitrogens with zero attached hydrogens (tertiary/aromatic N) is 2. The second kappa shape index (κ2) is 7.25. The van der Waals surface area contributed by atoms with Crippen molar-refractivity contribution in [2.75, 3.05) is 11.9 Å². The van der Waals surface area contributed by atoms with Crippen LogP contribution in [0.3, 0.4) is 0 Å². The quantitative estimate of drug-likeness (QED) is 0.628. The van der Waals surface area contributed by atoms with E-state index in [2.05, 4.69) is 82.7 Å². The third-order valence-corrected chi connectivity index (χ3v) is 6.35. The number of rotatable bonds is 3. The third kappa shape index (κ3) is 3.06. The fraction of sp³-hybridized carbons (Fsp3) is 0.286. The van der Waals surface area contributed by atoms with Gasteiger partial charge in [0.15, 0.2) is 5.11 Å². The van der Waals surface area contributed by atoms with Crippen LogP contribution in [0.15, 0.2) is 54.0 Å². The number of nitrogens with one attached hydrogen (secondary N) is 1. The number of aromatic nitrogens is 1. The summed E-state index contributed by atoms with van der Waals surface area (Å²) in [6, 6.07) is 15.3. The van der Waals surface area contributed by atoms with Crippen LogP contribution in [0.1, 0.15) is 34.7 Å². The van der Waals surface area contributed by atoms with Gasteiger partial charge in [0.1, 0.15) is 6.04 Å². The van der Waals surface area contributed by atoms with Gasteiger partial charge in [0, 0.05) is 35.5 Å². The Hall–Kier alpha value is -2.11. The van der Waals surface area contributed by atoms with Gasteiger partial charge in [0.25, 0.3) is 0 Å². The molecule has 3 aromatic rings. The summed E-state index contributed by atoms with van der Waals surface area (Å²) in [6.45, 7) is 6.19. The first-order chi connectivity index (χ1) is 12.7. The number of aryl methyl sites for hydroxylation is 2. The first-order valence-electron chi connectivity index (χ1n) is 9.03. The summed E-state index contributed by atoms with van der Waals surface area (Å²) in [5.74, 6) is 0. The van der Waals surface area contributed by atoms with Crippen LogP contribution >= 0.6 is 23.6 Å². The summed E-state index contributed by atoms with van der Waals surface area (Å²) >= 11 is 7.68. The van der Waals surface area contributed by atoms with Crippen LogP contribution in [0.5, 0.6) is 0 Å². The largest absolute Gasteiger partial charge is 0.347 e. The van der Waals surface area contributed by atoms with Gasteiger partial charge >= 0.3 is 0 Å². The van der Waals surface area contributed by atoms with Crippen molar-refractivity contribution in [2.45, 2.75) is 32.9 Å². The fourth-order valence-electron chi connectivity index (χ4n) is 3.73. The van der Waals surface area contributed by atoms with Crippen LogP contribution in [0.25, 0.3) is 0 Å². The number of benzene rings is 1. The average molecular weight is 382 g/mol. The highest BCUT2D eigenvalue weighted by molar-refractivity contribution is 7.80. The maximum absolute atomic E-state index is 5.89. The molecule has 0 spiro atoms. The number of hydrogen-bond donors (Lipinski definition) is 1. The van der Waals surface area contributed by atoms with Crippen molar-refractivity contribution in [3.63, 3.8) is 0 Å². The molecule has 0 aliphatic carbocycles. The smallest absolute Gasteiger partial charge is 0.174 e. The Morgan fingerprint density at radius 1 is 1.19 bits per heavy atom. The molecule has 0 saturated heterocycles. The van der Waals surface area contributed by atoms with Crippen LogP contribution in [0.4, 0.5) is 5.69 Å². The molecule has 0 radical (unpaired) electrons. The third-order valence-electron chi connectivity index (χ3n) is 5.08. The Labute approximate surface area is 164 Å². The summed E-state index contributed by atoms with van der Waals surface area (Å²) in [4.78, 5) is 3.66. The van der Waals surface area contributed by atoms with Crippen molar-refractivity contribution >= 4 is 34.4 Å². The van der Waals surface area contributed by atoms with Gasteiger partial charge in [-0.2, -0.15) is 0 Å². The van der Waals surface area contributed by atoms with E-state index in [0.717, 1.165) is 30.3 Å². The topological polar surface area (TPSA) is 20.2 Å². The molecule has 3 nitrogen and oxygen atoms in total. The van der Waals surface area contributed by atoms with Crippen molar-refractivity contribution in [2.24, 2.45) is 0 Å². The Morgan fingerprint density at radius 3 is 2.85 bits per heavy atom. The van der Waals surface area contributed by atoms with E-state index in [1.165, 1.54) is 21.7 Å². The summed E-state index contributed by atoms with van der Waals surface area (Å²) in [5.41, 5.74) is 5.01. The van der Waals surface area contributed by atoms with Crippen LogP contribution in [-0.2, 0) is 13.0 Å². The van der Waals surface area contributed by atoms with E-state index in [4.69, 9.17) is 12.2 Å². The number of thiophene rings is 1. The normalized spacial score (nSPS) is 16.4. The van der Waals surface area contributed by atoms with Crippen LogP contribution in [0.2, 0.25) is 0 Å².